The molecule has 1 aliphatic heterocycles. The minimum absolute atomic E-state index is 0.358. The van der Waals surface area contributed by atoms with Crippen LogP contribution < -0.4 is 4.90 Å². The zero-order chi connectivity index (χ0) is 19.0. The molecule has 1 aromatic carbocycles. The molecule has 2 aromatic heterocycles. The van der Waals surface area contributed by atoms with E-state index in [-0.39, 0.29) is 0 Å². The van der Waals surface area contributed by atoms with E-state index in [2.05, 4.69) is 27.9 Å². The minimum Gasteiger partial charge on any atom is -0.353 e. The van der Waals surface area contributed by atoms with E-state index in [1.165, 1.54) is 4.88 Å². The lowest BCUT2D eigenvalue weighted by molar-refractivity contribution is 0.384. The summed E-state index contributed by atoms with van der Waals surface area (Å²) in [6.45, 7) is 6.22. The van der Waals surface area contributed by atoms with E-state index in [4.69, 9.17) is 0 Å². The molecule has 3 heterocycles. The van der Waals surface area contributed by atoms with Crippen LogP contribution in [0, 0.1) is 6.92 Å². The Kier molecular flexibility index (Phi) is 4.88. The molecule has 0 aliphatic carbocycles. The number of fused-ring (bicyclic) bond motifs is 1. The maximum Gasteiger partial charge on any atom is 0.243 e. The molecular weight excluding hydrogens is 380 g/mol. The standard InChI is InChI=1S/C19H22N4O2S2/c1-3-15-12-17-18(20-13-21-19(17)26-15)22-8-10-23(11-9-22)27(24,25)16-6-4-14(2)5-7-16/h4-7,12-13H,3,8-11H2,1-2H3. The van der Waals surface area contributed by atoms with Crippen molar-refractivity contribution in [1.82, 2.24) is 14.3 Å². The van der Waals surface area contributed by atoms with Crippen molar-refractivity contribution in [3.8, 4) is 0 Å². The van der Waals surface area contributed by atoms with E-state index in [1.54, 1.807) is 34.1 Å². The maximum absolute atomic E-state index is 12.9. The third-order valence-corrected chi connectivity index (χ3v) is 8.01. The second-order valence-electron chi connectivity index (χ2n) is 6.69. The molecule has 27 heavy (non-hydrogen) atoms. The molecule has 6 nitrogen and oxygen atoms in total. The highest BCUT2D eigenvalue weighted by atomic mass is 32.2. The van der Waals surface area contributed by atoms with Crippen molar-refractivity contribution < 1.29 is 8.42 Å². The Morgan fingerprint density at radius 2 is 1.78 bits per heavy atom. The number of sulfonamides is 1. The smallest absolute Gasteiger partial charge is 0.243 e. The summed E-state index contributed by atoms with van der Waals surface area (Å²) in [5.41, 5.74) is 1.05. The molecule has 1 fully saturated rings. The molecule has 1 saturated heterocycles. The van der Waals surface area contributed by atoms with Gasteiger partial charge in [0.25, 0.3) is 0 Å². The van der Waals surface area contributed by atoms with Gasteiger partial charge < -0.3 is 4.90 Å². The Morgan fingerprint density at radius 3 is 2.44 bits per heavy atom. The fourth-order valence-corrected chi connectivity index (χ4v) is 5.67. The van der Waals surface area contributed by atoms with Gasteiger partial charge in [-0.25, -0.2) is 18.4 Å². The Balaban J connectivity index is 1.54. The van der Waals surface area contributed by atoms with Gasteiger partial charge in [-0.2, -0.15) is 4.31 Å². The van der Waals surface area contributed by atoms with Crippen LogP contribution in [0.5, 0.6) is 0 Å². The lowest BCUT2D eigenvalue weighted by Gasteiger charge is -2.34. The number of hydrogen-bond acceptors (Lipinski definition) is 6. The van der Waals surface area contributed by atoms with Crippen molar-refractivity contribution >= 4 is 37.4 Å². The molecule has 1 aliphatic rings. The van der Waals surface area contributed by atoms with Crippen molar-refractivity contribution in [2.24, 2.45) is 0 Å². The second kappa shape index (κ2) is 7.18. The topological polar surface area (TPSA) is 66.4 Å². The van der Waals surface area contributed by atoms with Crippen LogP contribution in [0.4, 0.5) is 5.82 Å². The molecule has 0 saturated carbocycles. The maximum atomic E-state index is 12.9. The summed E-state index contributed by atoms with van der Waals surface area (Å²) < 4.78 is 27.3. The lowest BCUT2D eigenvalue weighted by Crippen LogP contribution is -2.49. The number of nitrogens with zero attached hydrogens (tertiary/aromatic N) is 4. The summed E-state index contributed by atoms with van der Waals surface area (Å²) in [4.78, 5) is 13.7. The van der Waals surface area contributed by atoms with Crippen LogP contribution in [0.25, 0.3) is 10.2 Å². The number of thiophene rings is 1. The number of aromatic nitrogens is 2. The Labute approximate surface area is 163 Å². The number of rotatable bonds is 4. The van der Waals surface area contributed by atoms with E-state index in [1.807, 2.05) is 19.1 Å². The predicted molar refractivity (Wildman–Crippen MR) is 109 cm³/mol. The van der Waals surface area contributed by atoms with Crippen LogP contribution in [-0.4, -0.2) is 48.9 Å². The molecular formula is C19H22N4O2S2. The van der Waals surface area contributed by atoms with Gasteiger partial charge >= 0.3 is 0 Å². The van der Waals surface area contributed by atoms with Crippen LogP contribution in [0.2, 0.25) is 0 Å². The summed E-state index contributed by atoms with van der Waals surface area (Å²) >= 11 is 1.69. The molecule has 0 unspecified atom stereocenters. The fourth-order valence-electron chi connectivity index (χ4n) is 3.32. The van der Waals surface area contributed by atoms with Crippen LogP contribution in [0.15, 0.2) is 41.6 Å². The monoisotopic (exact) mass is 402 g/mol. The van der Waals surface area contributed by atoms with E-state index in [9.17, 15) is 8.42 Å². The molecule has 0 radical (unpaired) electrons. The van der Waals surface area contributed by atoms with Gasteiger partial charge in [0, 0.05) is 31.1 Å². The summed E-state index contributed by atoms with van der Waals surface area (Å²) in [5.74, 6) is 0.906. The first kappa shape index (κ1) is 18.3. The zero-order valence-corrected chi connectivity index (χ0v) is 17.1. The summed E-state index contributed by atoms with van der Waals surface area (Å²) in [6.07, 6.45) is 2.58. The van der Waals surface area contributed by atoms with Gasteiger partial charge in [0.1, 0.15) is 17.0 Å². The van der Waals surface area contributed by atoms with Crippen molar-refractivity contribution in [2.75, 3.05) is 31.1 Å². The van der Waals surface area contributed by atoms with E-state index < -0.39 is 10.0 Å². The Hall–Kier alpha value is -2.03. The molecule has 0 N–H and O–H groups in total. The Morgan fingerprint density at radius 1 is 1.07 bits per heavy atom. The lowest BCUT2D eigenvalue weighted by atomic mass is 10.2. The third kappa shape index (κ3) is 3.44. The van der Waals surface area contributed by atoms with Crippen LogP contribution in [0.1, 0.15) is 17.4 Å². The molecule has 142 valence electrons. The number of benzene rings is 1. The number of hydrogen-bond donors (Lipinski definition) is 0. The minimum atomic E-state index is -3.45. The SMILES string of the molecule is CCc1cc2c(N3CCN(S(=O)(=O)c4ccc(C)cc4)CC3)ncnc2s1. The average Bonchev–Trinajstić information content (AvgIpc) is 3.12. The molecule has 0 spiro atoms. The van der Waals surface area contributed by atoms with Gasteiger partial charge in [-0.15, -0.1) is 11.3 Å². The van der Waals surface area contributed by atoms with Gasteiger partial charge in [-0.3, -0.25) is 0 Å². The van der Waals surface area contributed by atoms with Gasteiger partial charge in [0.15, 0.2) is 0 Å². The van der Waals surface area contributed by atoms with Crippen LogP contribution in [-0.2, 0) is 16.4 Å². The van der Waals surface area contributed by atoms with E-state index in [0.29, 0.717) is 31.1 Å². The van der Waals surface area contributed by atoms with Crippen molar-refractivity contribution in [3.63, 3.8) is 0 Å². The first-order valence-corrected chi connectivity index (χ1v) is 11.3. The van der Waals surface area contributed by atoms with E-state index >= 15 is 0 Å². The van der Waals surface area contributed by atoms with Gasteiger partial charge in [0.05, 0.1) is 10.3 Å². The van der Waals surface area contributed by atoms with Gasteiger partial charge in [-0.05, 0) is 31.5 Å². The highest BCUT2D eigenvalue weighted by molar-refractivity contribution is 7.89. The predicted octanol–water partition coefficient (Wildman–Crippen LogP) is 3.07. The molecule has 3 aromatic rings. The van der Waals surface area contributed by atoms with E-state index in [0.717, 1.165) is 28.0 Å². The number of aryl methyl sites for hydroxylation is 2. The summed E-state index contributed by atoms with van der Waals surface area (Å²) in [5, 5.41) is 1.06. The summed E-state index contributed by atoms with van der Waals surface area (Å²) in [6, 6.07) is 9.20. The number of anilines is 1. The normalized spacial score (nSPS) is 16.1. The van der Waals surface area contributed by atoms with Crippen LogP contribution in [0.3, 0.4) is 0 Å². The van der Waals surface area contributed by atoms with Crippen molar-refractivity contribution in [2.45, 2.75) is 25.2 Å². The first-order chi connectivity index (χ1) is 13.0. The fraction of sp³-hybridized carbons (Fsp3) is 0.368. The molecule has 0 bridgehead atoms. The average molecular weight is 403 g/mol. The molecule has 0 atom stereocenters. The summed E-state index contributed by atoms with van der Waals surface area (Å²) in [7, 11) is -3.45. The highest BCUT2D eigenvalue weighted by Gasteiger charge is 2.29. The Bertz CT molecular complexity index is 1050. The van der Waals surface area contributed by atoms with Gasteiger partial charge in [-0.1, -0.05) is 24.6 Å². The van der Waals surface area contributed by atoms with Crippen LogP contribution >= 0.6 is 11.3 Å². The quantitative estimate of drug-likeness (QED) is 0.671. The molecule has 4 rings (SSSR count). The van der Waals surface area contributed by atoms with Crippen molar-refractivity contribution in [1.29, 1.82) is 0 Å². The largest absolute Gasteiger partial charge is 0.353 e. The molecule has 0 amide bonds. The zero-order valence-electron chi connectivity index (χ0n) is 15.4. The third-order valence-electron chi connectivity index (χ3n) is 4.90. The highest BCUT2D eigenvalue weighted by Crippen LogP contribution is 2.31. The number of piperazine rings is 1. The van der Waals surface area contributed by atoms with Gasteiger partial charge in [0.2, 0.25) is 10.0 Å². The first-order valence-electron chi connectivity index (χ1n) is 9.04. The second-order valence-corrected chi connectivity index (χ2v) is 9.74. The van der Waals surface area contributed by atoms with Crippen molar-refractivity contribution in [3.05, 3.63) is 47.1 Å². The molecule has 8 heteroatoms.